The first-order chi connectivity index (χ1) is 8.54. The fourth-order valence-corrected chi connectivity index (χ4v) is 1.37. The molecule has 1 radical (unpaired) electrons. The minimum Gasteiger partial charge on any atom is -0.426 e. The number of aromatic nitrogens is 2. The molecule has 1 aromatic rings. The van der Waals surface area contributed by atoms with Gasteiger partial charge in [0.25, 0.3) is 0 Å². The number of aliphatic hydroxyl groups excluding tert-OH is 1. The molecule has 0 spiro atoms. The van der Waals surface area contributed by atoms with Crippen LogP contribution in [0.5, 0.6) is 0 Å². The minimum absolute atomic E-state index is 0.444. The smallest absolute Gasteiger partial charge is 0.334 e. The molecule has 0 aliphatic rings. The predicted octanol–water partition coefficient (Wildman–Crippen LogP) is 0.383. The standard InChI is InChI=1S/C13H24BN2O3/c1-9(17)8-16-10(2)11(7-15-16)14-19-13(5,6)12(3,4)18/h7,9,17-18H,8H2,1-6H3/t9-/m0/s1. The van der Waals surface area contributed by atoms with Gasteiger partial charge < -0.3 is 14.9 Å². The zero-order chi connectivity index (χ0) is 14.8. The van der Waals surface area contributed by atoms with Crippen LogP contribution in [0.2, 0.25) is 0 Å². The molecule has 0 unspecified atom stereocenters. The van der Waals surface area contributed by atoms with E-state index >= 15 is 0 Å². The quantitative estimate of drug-likeness (QED) is 0.731. The summed E-state index contributed by atoms with van der Waals surface area (Å²) < 4.78 is 7.42. The Morgan fingerprint density at radius 2 is 2.00 bits per heavy atom. The van der Waals surface area contributed by atoms with E-state index in [9.17, 15) is 10.2 Å². The largest absolute Gasteiger partial charge is 0.426 e. The normalized spacial score (nSPS) is 14.5. The second kappa shape index (κ2) is 5.65. The molecule has 1 atom stereocenters. The molecule has 0 fully saturated rings. The molecular weight excluding hydrogens is 243 g/mol. The van der Waals surface area contributed by atoms with Crippen molar-refractivity contribution < 1.29 is 14.9 Å². The van der Waals surface area contributed by atoms with Gasteiger partial charge >= 0.3 is 7.48 Å². The van der Waals surface area contributed by atoms with Crippen molar-refractivity contribution in [1.29, 1.82) is 0 Å². The summed E-state index contributed by atoms with van der Waals surface area (Å²) in [7, 11) is 1.61. The van der Waals surface area contributed by atoms with Crippen LogP contribution in [-0.4, -0.2) is 44.8 Å². The van der Waals surface area contributed by atoms with E-state index in [4.69, 9.17) is 4.65 Å². The third kappa shape index (κ3) is 4.06. The Labute approximate surface area is 115 Å². The Morgan fingerprint density at radius 1 is 1.42 bits per heavy atom. The summed E-state index contributed by atoms with van der Waals surface area (Å²) in [6.45, 7) is 11.2. The summed E-state index contributed by atoms with van der Waals surface area (Å²) in [4.78, 5) is 0. The molecule has 0 bridgehead atoms. The molecule has 0 saturated heterocycles. The van der Waals surface area contributed by atoms with Crippen LogP contribution in [0, 0.1) is 6.92 Å². The first kappa shape index (κ1) is 16.2. The highest BCUT2D eigenvalue weighted by atomic mass is 16.5. The molecule has 2 N–H and O–H groups in total. The first-order valence-corrected chi connectivity index (χ1v) is 6.48. The first-order valence-electron chi connectivity index (χ1n) is 6.48. The van der Waals surface area contributed by atoms with E-state index in [0.29, 0.717) is 6.54 Å². The molecule has 1 aromatic heterocycles. The Bertz CT molecular complexity index is 422. The van der Waals surface area contributed by atoms with E-state index in [0.717, 1.165) is 11.2 Å². The molecule has 0 aliphatic heterocycles. The Hall–Kier alpha value is -0.845. The minimum atomic E-state index is -0.951. The van der Waals surface area contributed by atoms with Gasteiger partial charge in [-0.25, -0.2) is 0 Å². The van der Waals surface area contributed by atoms with Gasteiger partial charge in [-0.15, -0.1) is 0 Å². The van der Waals surface area contributed by atoms with Crippen LogP contribution in [-0.2, 0) is 11.2 Å². The zero-order valence-corrected chi connectivity index (χ0v) is 12.6. The topological polar surface area (TPSA) is 67.5 Å². The van der Waals surface area contributed by atoms with Crippen molar-refractivity contribution in [3.8, 4) is 0 Å². The molecule has 0 amide bonds. The lowest BCUT2D eigenvalue weighted by Gasteiger charge is -2.37. The van der Waals surface area contributed by atoms with Crippen molar-refractivity contribution in [1.82, 2.24) is 9.78 Å². The lowest BCUT2D eigenvalue weighted by Crippen LogP contribution is -2.49. The van der Waals surface area contributed by atoms with Gasteiger partial charge in [-0.2, -0.15) is 5.10 Å². The summed E-state index contributed by atoms with van der Waals surface area (Å²) in [6, 6.07) is 0. The molecule has 6 heteroatoms. The molecule has 0 aliphatic carbocycles. The van der Waals surface area contributed by atoms with Crippen molar-refractivity contribution in [2.24, 2.45) is 0 Å². The van der Waals surface area contributed by atoms with E-state index in [1.54, 1.807) is 39.1 Å². The number of hydrogen-bond acceptors (Lipinski definition) is 4. The van der Waals surface area contributed by atoms with Gasteiger partial charge in [-0.3, -0.25) is 4.68 Å². The van der Waals surface area contributed by atoms with E-state index in [2.05, 4.69) is 5.10 Å². The highest BCUT2D eigenvalue weighted by Crippen LogP contribution is 2.24. The molecule has 1 heterocycles. The fraction of sp³-hybridized carbons (Fsp3) is 0.769. The Morgan fingerprint density at radius 3 is 2.47 bits per heavy atom. The third-order valence-corrected chi connectivity index (χ3v) is 3.53. The van der Waals surface area contributed by atoms with Crippen LogP contribution in [0.4, 0.5) is 0 Å². The molecule has 19 heavy (non-hydrogen) atoms. The van der Waals surface area contributed by atoms with Crippen LogP contribution in [0.1, 0.15) is 40.3 Å². The Balaban J connectivity index is 2.72. The maximum absolute atomic E-state index is 10.0. The number of hydrogen-bond donors (Lipinski definition) is 2. The zero-order valence-electron chi connectivity index (χ0n) is 12.6. The lowest BCUT2D eigenvalue weighted by atomic mass is 9.83. The van der Waals surface area contributed by atoms with Crippen molar-refractivity contribution >= 4 is 12.9 Å². The summed E-state index contributed by atoms with van der Waals surface area (Å²) in [5.41, 5.74) is 0.115. The summed E-state index contributed by atoms with van der Waals surface area (Å²) in [6.07, 6.45) is 1.25. The maximum Gasteiger partial charge on any atom is 0.334 e. The average Bonchev–Trinajstić information content (AvgIpc) is 2.55. The van der Waals surface area contributed by atoms with Gasteiger partial charge in [0.1, 0.15) is 0 Å². The Kier molecular flexibility index (Phi) is 4.82. The molecule has 5 nitrogen and oxygen atoms in total. The van der Waals surface area contributed by atoms with Gasteiger partial charge in [-0.1, -0.05) is 0 Å². The summed E-state index contributed by atoms with van der Waals surface area (Å²) in [5, 5.41) is 23.6. The molecule has 1 rings (SSSR count). The average molecular weight is 267 g/mol. The fourth-order valence-electron chi connectivity index (χ4n) is 1.37. The van der Waals surface area contributed by atoms with Gasteiger partial charge in [-0.05, 0) is 47.0 Å². The monoisotopic (exact) mass is 267 g/mol. The second-order valence-corrected chi connectivity index (χ2v) is 6.02. The molecule has 0 saturated carbocycles. The van der Waals surface area contributed by atoms with Crippen molar-refractivity contribution in [3.63, 3.8) is 0 Å². The highest BCUT2D eigenvalue weighted by Gasteiger charge is 2.36. The number of nitrogens with zero attached hydrogens (tertiary/aromatic N) is 2. The van der Waals surface area contributed by atoms with Gasteiger partial charge in [0.15, 0.2) is 0 Å². The van der Waals surface area contributed by atoms with Crippen molar-refractivity contribution in [3.05, 3.63) is 11.9 Å². The van der Waals surface area contributed by atoms with Crippen LogP contribution in [0.25, 0.3) is 0 Å². The summed E-state index contributed by atoms with van der Waals surface area (Å²) in [5.74, 6) is 0. The molecule has 107 valence electrons. The van der Waals surface area contributed by atoms with Crippen LogP contribution >= 0.6 is 0 Å². The van der Waals surface area contributed by atoms with Crippen LogP contribution in [0.15, 0.2) is 6.20 Å². The highest BCUT2D eigenvalue weighted by molar-refractivity contribution is 6.47. The molecular formula is C13H24BN2O3. The van der Waals surface area contributed by atoms with Crippen LogP contribution in [0.3, 0.4) is 0 Å². The second-order valence-electron chi connectivity index (χ2n) is 6.02. The van der Waals surface area contributed by atoms with Crippen LogP contribution < -0.4 is 5.46 Å². The van der Waals surface area contributed by atoms with Gasteiger partial charge in [0.2, 0.25) is 0 Å². The summed E-state index contributed by atoms with van der Waals surface area (Å²) >= 11 is 0. The maximum atomic E-state index is 10.0. The van der Waals surface area contributed by atoms with Crippen molar-refractivity contribution in [2.75, 3.05) is 0 Å². The van der Waals surface area contributed by atoms with E-state index in [-0.39, 0.29) is 0 Å². The third-order valence-electron chi connectivity index (χ3n) is 3.53. The predicted molar refractivity (Wildman–Crippen MR) is 75.5 cm³/mol. The molecule has 0 aromatic carbocycles. The van der Waals surface area contributed by atoms with Gasteiger partial charge in [0.05, 0.1) is 23.9 Å². The van der Waals surface area contributed by atoms with E-state index in [1.807, 2.05) is 20.8 Å². The lowest BCUT2D eigenvalue weighted by molar-refractivity contribution is -0.0893. The van der Waals surface area contributed by atoms with Crippen molar-refractivity contribution in [2.45, 2.75) is 65.4 Å². The number of rotatable bonds is 6. The van der Waals surface area contributed by atoms with E-state index in [1.165, 1.54) is 0 Å². The number of aliphatic hydroxyl groups is 2. The van der Waals surface area contributed by atoms with Gasteiger partial charge in [0, 0.05) is 11.9 Å². The van der Waals surface area contributed by atoms with E-state index < -0.39 is 17.3 Å². The SMILES string of the molecule is Cc1c([B]OC(C)(C)C(C)(C)O)cnn1C[C@H](C)O.